The standard InChI is InChI=1S/C14H20N4O2S/c1-8(2)6-18-10-11(15-14(18)21-7-9(3)4)17(5)13(20)16-12(10)19/h9H,1,6-7H2,2-5H3,(H,16,19,20). The first kappa shape index (κ1) is 15.6. The third kappa shape index (κ3) is 3.12. The Labute approximate surface area is 126 Å². The van der Waals surface area contributed by atoms with Crippen molar-refractivity contribution in [3.63, 3.8) is 0 Å². The van der Waals surface area contributed by atoms with Gasteiger partial charge < -0.3 is 4.57 Å². The number of hydrogen-bond acceptors (Lipinski definition) is 4. The van der Waals surface area contributed by atoms with Crippen molar-refractivity contribution in [1.29, 1.82) is 0 Å². The average Bonchev–Trinajstić information content (AvgIpc) is 2.72. The molecule has 0 aliphatic heterocycles. The smallest absolute Gasteiger partial charge is 0.309 e. The monoisotopic (exact) mass is 308 g/mol. The lowest BCUT2D eigenvalue weighted by molar-refractivity contribution is 0.709. The van der Waals surface area contributed by atoms with E-state index in [0.29, 0.717) is 23.6 Å². The highest BCUT2D eigenvalue weighted by Gasteiger charge is 2.17. The molecule has 0 aliphatic carbocycles. The molecule has 0 saturated heterocycles. The van der Waals surface area contributed by atoms with Gasteiger partial charge in [0.1, 0.15) is 0 Å². The van der Waals surface area contributed by atoms with Gasteiger partial charge in [-0.1, -0.05) is 37.8 Å². The molecule has 7 heteroatoms. The van der Waals surface area contributed by atoms with Gasteiger partial charge in [-0.05, 0) is 12.8 Å². The zero-order valence-corrected chi connectivity index (χ0v) is 13.6. The second kappa shape index (κ2) is 5.93. The molecule has 114 valence electrons. The number of hydrogen-bond donors (Lipinski definition) is 1. The Balaban J connectivity index is 2.69. The summed E-state index contributed by atoms with van der Waals surface area (Å²) in [5, 5.41) is 0.744. The van der Waals surface area contributed by atoms with E-state index in [0.717, 1.165) is 16.5 Å². The van der Waals surface area contributed by atoms with Crippen LogP contribution in [0.5, 0.6) is 0 Å². The number of thioether (sulfide) groups is 1. The Morgan fingerprint density at radius 1 is 1.43 bits per heavy atom. The molecule has 0 unspecified atom stereocenters. The largest absolute Gasteiger partial charge is 0.329 e. The molecule has 0 fully saturated rings. The Morgan fingerprint density at radius 2 is 2.10 bits per heavy atom. The van der Waals surface area contributed by atoms with Crippen molar-refractivity contribution in [3.8, 4) is 0 Å². The fraction of sp³-hybridized carbons (Fsp3) is 0.500. The van der Waals surface area contributed by atoms with Crippen LogP contribution in [-0.4, -0.2) is 24.9 Å². The summed E-state index contributed by atoms with van der Waals surface area (Å²) in [5.41, 5.74) is 0.905. The van der Waals surface area contributed by atoms with E-state index in [2.05, 4.69) is 30.4 Å². The molecule has 2 aromatic rings. The van der Waals surface area contributed by atoms with Crippen molar-refractivity contribution in [3.05, 3.63) is 33.0 Å². The van der Waals surface area contributed by atoms with Gasteiger partial charge in [-0.25, -0.2) is 9.78 Å². The topological polar surface area (TPSA) is 72.7 Å². The van der Waals surface area contributed by atoms with Crippen molar-refractivity contribution in [2.75, 3.05) is 5.75 Å². The van der Waals surface area contributed by atoms with Gasteiger partial charge in [0.15, 0.2) is 16.3 Å². The highest BCUT2D eigenvalue weighted by Crippen LogP contribution is 2.24. The molecule has 0 atom stereocenters. The summed E-state index contributed by atoms with van der Waals surface area (Å²) in [5.74, 6) is 1.40. The lowest BCUT2D eigenvalue weighted by atomic mass is 10.3. The number of aryl methyl sites for hydroxylation is 1. The lowest BCUT2D eigenvalue weighted by Gasteiger charge is -2.09. The maximum absolute atomic E-state index is 12.1. The van der Waals surface area contributed by atoms with Crippen LogP contribution < -0.4 is 11.2 Å². The van der Waals surface area contributed by atoms with E-state index in [1.165, 1.54) is 4.57 Å². The number of H-pyrrole nitrogens is 1. The van der Waals surface area contributed by atoms with Gasteiger partial charge in [-0.2, -0.15) is 0 Å². The number of rotatable bonds is 5. The molecule has 0 saturated carbocycles. The summed E-state index contributed by atoms with van der Waals surface area (Å²) in [6, 6.07) is 0. The average molecular weight is 308 g/mol. The summed E-state index contributed by atoms with van der Waals surface area (Å²) in [4.78, 5) is 30.6. The van der Waals surface area contributed by atoms with Crippen molar-refractivity contribution >= 4 is 22.9 Å². The summed E-state index contributed by atoms with van der Waals surface area (Å²) >= 11 is 1.59. The maximum Gasteiger partial charge on any atom is 0.329 e. The number of nitrogens with one attached hydrogen (secondary N) is 1. The van der Waals surface area contributed by atoms with E-state index in [1.54, 1.807) is 18.8 Å². The zero-order chi connectivity index (χ0) is 15.7. The van der Waals surface area contributed by atoms with Crippen molar-refractivity contribution < 1.29 is 0 Å². The first-order chi connectivity index (χ1) is 9.81. The second-order valence-electron chi connectivity index (χ2n) is 5.63. The molecular weight excluding hydrogens is 288 g/mol. The number of aromatic nitrogens is 4. The quantitative estimate of drug-likeness (QED) is 0.674. The van der Waals surface area contributed by atoms with E-state index in [4.69, 9.17) is 0 Å². The minimum atomic E-state index is -0.451. The van der Waals surface area contributed by atoms with Crippen LogP contribution in [-0.2, 0) is 13.6 Å². The van der Waals surface area contributed by atoms with Gasteiger partial charge in [-0.3, -0.25) is 14.3 Å². The van der Waals surface area contributed by atoms with E-state index >= 15 is 0 Å². The van der Waals surface area contributed by atoms with E-state index in [-0.39, 0.29) is 0 Å². The zero-order valence-electron chi connectivity index (χ0n) is 12.8. The maximum atomic E-state index is 12.1. The van der Waals surface area contributed by atoms with Crippen LogP contribution >= 0.6 is 11.8 Å². The van der Waals surface area contributed by atoms with Gasteiger partial charge in [0.05, 0.1) is 0 Å². The van der Waals surface area contributed by atoms with Crippen molar-refractivity contribution in [2.45, 2.75) is 32.5 Å². The molecule has 0 amide bonds. The number of imidazole rings is 1. The molecule has 0 radical (unpaired) electrons. The molecule has 2 rings (SSSR count). The third-order valence-corrected chi connectivity index (χ3v) is 4.35. The first-order valence-electron chi connectivity index (χ1n) is 6.78. The summed E-state index contributed by atoms with van der Waals surface area (Å²) in [7, 11) is 1.61. The molecule has 21 heavy (non-hydrogen) atoms. The van der Waals surface area contributed by atoms with E-state index in [1.807, 2.05) is 11.5 Å². The first-order valence-corrected chi connectivity index (χ1v) is 7.76. The number of allylic oxidation sites excluding steroid dienone is 1. The van der Waals surface area contributed by atoms with Gasteiger partial charge in [-0.15, -0.1) is 0 Å². The number of aromatic amines is 1. The van der Waals surface area contributed by atoms with Crippen molar-refractivity contribution in [1.82, 2.24) is 19.1 Å². The minimum absolute atomic E-state index is 0.404. The van der Waals surface area contributed by atoms with Crippen LogP contribution in [0.15, 0.2) is 26.9 Å². The SMILES string of the molecule is C=C(C)Cn1c(SCC(C)C)nc2c1c(=O)[nH]c(=O)n2C. The van der Waals surface area contributed by atoms with Gasteiger partial charge >= 0.3 is 5.69 Å². The molecule has 0 spiro atoms. The Morgan fingerprint density at radius 3 is 2.67 bits per heavy atom. The highest BCUT2D eigenvalue weighted by molar-refractivity contribution is 7.99. The Bertz CT molecular complexity index is 798. The van der Waals surface area contributed by atoms with E-state index < -0.39 is 11.2 Å². The van der Waals surface area contributed by atoms with Crippen LogP contribution in [0.25, 0.3) is 11.2 Å². The highest BCUT2D eigenvalue weighted by atomic mass is 32.2. The fourth-order valence-corrected chi connectivity index (χ4v) is 2.93. The predicted molar refractivity (Wildman–Crippen MR) is 86.0 cm³/mol. The molecular formula is C14H20N4O2S. The third-order valence-electron chi connectivity index (χ3n) is 2.95. The summed E-state index contributed by atoms with van der Waals surface area (Å²) < 4.78 is 3.20. The van der Waals surface area contributed by atoms with Gasteiger partial charge in [0.25, 0.3) is 5.56 Å². The van der Waals surface area contributed by atoms with Crippen LogP contribution in [0.1, 0.15) is 20.8 Å². The summed E-state index contributed by atoms with van der Waals surface area (Å²) in [6.07, 6.45) is 0. The molecule has 6 nitrogen and oxygen atoms in total. The minimum Gasteiger partial charge on any atom is -0.309 e. The molecule has 2 aromatic heterocycles. The lowest BCUT2D eigenvalue weighted by Crippen LogP contribution is -2.29. The summed E-state index contributed by atoms with van der Waals surface area (Å²) in [6.45, 7) is 10.6. The number of nitrogens with zero attached hydrogens (tertiary/aromatic N) is 3. The van der Waals surface area contributed by atoms with Gasteiger partial charge in [0.2, 0.25) is 0 Å². The molecule has 0 aliphatic rings. The van der Waals surface area contributed by atoms with Crippen molar-refractivity contribution in [2.24, 2.45) is 13.0 Å². The van der Waals surface area contributed by atoms with Crippen LogP contribution in [0.2, 0.25) is 0 Å². The molecule has 1 N–H and O–H groups in total. The normalized spacial score (nSPS) is 11.5. The van der Waals surface area contributed by atoms with E-state index in [9.17, 15) is 9.59 Å². The molecule has 2 heterocycles. The Kier molecular flexibility index (Phi) is 4.41. The second-order valence-corrected chi connectivity index (χ2v) is 6.62. The van der Waals surface area contributed by atoms with Crippen LogP contribution in [0.3, 0.4) is 0 Å². The molecule has 0 aromatic carbocycles. The molecule has 0 bridgehead atoms. The fourth-order valence-electron chi connectivity index (χ4n) is 1.98. The van der Waals surface area contributed by atoms with Gasteiger partial charge in [0, 0.05) is 19.3 Å². The van der Waals surface area contributed by atoms with Crippen LogP contribution in [0, 0.1) is 5.92 Å². The Hall–Kier alpha value is -1.76. The predicted octanol–water partition coefficient (Wildman–Crippen LogP) is 1.75. The number of fused-ring (bicyclic) bond motifs is 1. The van der Waals surface area contributed by atoms with Crippen LogP contribution in [0.4, 0.5) is 0 Å².